The molecule has 2 fully saturated rings. The van der Waals surface area contributed by atoms with Crippen molar-refractivity contribution in [1.82, 2.24) is 20.9 Å². The number of carbonyl (C=O) groups is 2. The maximum Gasteiger partial charge on any atom is 0.309 e. The summed E-state index contributed by atoms with van der Waals surface area (Å²) in [5, 5.41) is 8.76. The largest absolute Gasteiger partial charge is 0.347 e. The van der Waals surface area contributed by atoms with Gasteiger partial charge in [0.25, 0.3) is 0 Å². The molecule has 0 bridgehead atoms. The quantitative estimate of drug-likeness (QED) is 0.576. The molecule has 2 aliphatic rings. The van der Waals surface area contributed by atoms with E-state index in [0.717, 1.165) is 58.4 Å². The monoisotopic (exact) mass is 268 g/mol. The van der Waals surface area contributed by atoms with Gasteiger partial charge in [-0.15, -0.1) is 0 Å². The number of carbonyl (C=O) groups excluding carboxylic acids is 2. The highest BCUT2D eigenvalue weighted by molar-refractivity contribution is 6.35. The second kappa shape index (κ2) is 7.45. The van der Waals surface area contributed by atoms with Crippen LogP contribution in [0, 0.1) is 0 Å². The molecule has 2 amide bonds. The van der Waals surface area contributed by atoms with Crippen molar-refractivity contribution in [3.63, 3.8) is 0 Å². The van der Waals surface area contributed by atoms with Crippen molar-refractivity contribution in [3.8, 4) is 0 Å². The summed E-state index contributed by atoms with van der Waals surface area (Å²) in [4.78, 5) is 25.5. The smallest absolute Gasteiger partial charge is 0.309 e. The van der Waals surface area contributed by atoms with Crippen LogP contribution in [0.25, 0.3) is 0 Å². The number of piperazine rings is 1. The van der Waals surface area contributed by atoms with Crippen LogP contribution in [0.15, 0.2) is 0 Å². The zero-order chi connectivity index (χ0) is 13.5. The van der Waals surface area contributed by atoms with Gasteiger partial charge in [0, 0.05) is 45.3 Å². The van der Waals surface area contributed by atoms with Crippen LogP contribution in [0.5, 0.6) is 0 Å². The maximum absolute atomic E-state index is 11.6. The Kier molecular flexibility index (Phi) is 5.60. The molecule has 0 atom stereocenters. The van der Waals surface area contributed by atoms with Crippen molar-refractivity contribution in [3.05, 3.63) is 0 Å². The molecule has 1 saturated heterocycles. The fourth-order valence-electron chi connectivity index (χ4n) is 2.66. The fourth-order valence-corrected chi connectivity index (χ4v) is 2.66. The predicted octanol–water partition coefficient (Wildman–Crippen LogP) is -0.933. The zero-order valence-corrected chi connectivity index (χ0v) is 11.4. The first-order valence-electron chi connectivity index (χ1n) is 7.27. The molecule has 108 valence electrons. The van der Waals surface area contributed by atoms with E-state index in [9.17, 15) is 9.59 Å². The van der Waals surface area contributed by atoms with E-state index in [4.69, 9.17) is 0 Å². The van der Waals surface area contributed by atoms with E-state index in [2.05, 4.69) is 20.9 Å². The molecule has 0 unspecified atom stereocenters. The molecular formula is C13H24N4O2. The number of rotatable bonds is 4. The standard InChI is InChI=1S/C13H24N4O2/c18-12(13(19)16-11-3-1-2-4-11)15-7-10-17-8-5-14-6-9-17/h11,14H,1-10H2,(H,15,18)(H,16,19). The van der Waals surface area contributed by atoms with Crippen LogP contribution in [0.2, 0.25) is 0 Å². The van der Waals surface area contributed by atoms with Gasteiger partial charge in [-0.2, -0.15) is 0 Å². The molecule has 0 aromatic heterocycles. The Morgan fingerprint density at radius 3 is 2.47 bits per heavy atom. The summed E-state index contributed by atoms with van der Waals surface area (Å²) in [5.74, 6) is -0.978. The van der Waals surface area contributed by atoms with Crippen LogP contribution in [0.1, 0.15) is 25.7 Å². The summed E-state index contributed by atoms with van der Waals surface area (Å²) in [6.07, 6.45) is 4.30. The van der Waals surface area contributed by atoms with Gasteiger partial charge in [-0.05, 0) is 12.8 Å². The van der Waals surface area contributed by atoms with Crippen molar-refractivity contribution in [2.24, 2.45) is 0 Å². The van der Waals surface area contributed by atoms with Crippen LogP contribution in [-0.4, -0.2) is 62.0 Å². The Labute approximate surface area is 114 Å². The van der Waals surface area contributed by atoms with Gasteiger partial charge in [0.1, 0.15) is 0 Å². The lowest BCUT2D eigenvalue weighted by molar-refractivity contribution is -0.139. The Balaban J connectivity index is 1.58. The summed E-state index contributed by atoms with van der Waals surface area (Å²) in [7, 11) is 0. The van der Waals surface area contributed by atoms with E-state index in [1.165, 1.54) is 0 Å². The molecule has 0 radical (unpaired) electrons. The molecule has 3 N–H and O–H groups in total. The number of amides is 2. The molecule has 6 nitrogen and oxygen atoms in total. The Bertz CT molecular complexity index is 310. The fraction of sp³-hybridized carbons (Fsp3) is 0.846. The second-order valence-electron chi connectivity index (χ2n) is 5.30. The van der Waals surface area contributed by atoms with Crippen LogP contribution >= 0.6 is 0 Å². The highest BCUT2D eigenvalue weighted by atomic mass is 16.2. The third-order valence-corrected chi connectivity index (χ3v) is 3.82. The number of hydrogen-bond donors (Lipinski definition) is 3. The van der Waals surface area contributed by atoms with Crippen LogP contribution < -0.4 is 16.0 Å². The lowest BCUT2D eigenvalue weighted by Crippen LogP contribution is -2.48. The van der Waals surface area contributed by atoms with Gasteiger partial charge in [0.15, 0.2) is 0 Å². The predicted molar refractivity (Wildman–Crippen MR) is 72.7 cm³/mol. The lowest BCUT2D eigenvalue weighted by Gasteiger charge is -2.27. The number of hydrogen-bond acceptors (Lipinski definition) is 4. The molecule has 1 saturated carbocycles. The van der Waals surface area contributed by atoms with Crippen LogP contribution in [-0.2, 0) is 9.59 Å². The lowest BCUT2D eigenvalue weighted by atomic mass is 10.2. The summed E-state index contributed by atoms with van der Waals surface area (Å²) >= 11 is 0. The second-order valence-corrected chi connectivity index (χ2v) is 5.30. The normalized spacial score (nSPS) is 21.3. The third-order valence-electron chi connectivity index (χ3n) is 3.82. The van der Waals surface area contributed by atoms with Crippen molar-refractivity contribution < 1.29 is 9.59 Å². The Morgan fingerprint density at radius 2 is 1.79 bits per heavy atom. The average molecular weight is 268 g/mol. The Hall–Kier alpha value is -1.14. The molecule has 0 aromatic carbocycles. The molecule has 6 heteroatoms. The molecule has 1 aliphatic carbocycles. The summed E-state index contributed by atoms with van der Waals surface area (Å²) in [6.45, 7) is 5.35. The molecular weight excluding hydrogens is 244 g/mol. The van der Waals surface area contributed by atoms with Gasteiger partial charge in [-0.1, -0.05) is 12.8 Å². The van der Waals surface area contributed by atoms with Crippen LogP contribution in [0.3, 0.4) is 0 Å². The highest BCUT2D eigenvalue weighted by Gasteiger charge is 2.21. The minimum absolute atomic E-state index is 0.200. The van der Waals surface area contributed by atoms with Crippen molar-refractivity contribution in [2.45, 2.75) is 31.7 Å². The first-order chi connectivity index (χ1) is 9.25. The maximum atomic E-state index is 11.6. The van der Waals surface area contributed by atoms with Crippen LogP contribution in [0.4, 0.5) is 0 Å². The third kappa shape index (κ3) is 4.80. The molecule has 19 heavy (non-hydrogen) atoms. The topological polar surface area (TPSA) is 73.5 Å². The minimum Gasteiger partial charge on any atom is -0.347 e. The SMILES string of the molecule is O=C(NCCN1CCNCC1)C(=O)NC1CCCC1. The highest BCUT2D eigenvalue weighted by Crippen LogP contribution is 2.17. The molecule has 0 aromatic rings. The molecule has 2 rings (SSSR count). The van der Waals surface area contributed by atoms with E-state index < -0.39 is 11.8 Å². The van der Waals surface area contributed by atoms with Gasteiger partial charge >= 0.3 is 11.8 Å². The summed E-state index contributed by atoms with van der Waals surface area (Å²) < 4.78 is 0. The van der Waals surface area contributed by atoms with Crippen molar-refractivity contribution >= 4 is 11.8 Å². The van der Waals surface area contributed by atoms with E-state index >= 15 is 0 Å². The first kappa shape index (κ1) is 14.3. The zero-order valence-electron chi connectivity index (χ0n) is 11.4. The molecule has 1 heterocycles. The minimum atomic E-state index is -0.498. The summed E-state index contributed by atoms with van der Waals surface area (Å²) in [6, 6.07) is 0.200. The number of nitrogens with zero attached hydrogens (tertiary/aromatic N) is 1. The first-order valence-corrected chi connectivity index (χ1v) is 7.27. The van der Waals surface area contributed by atoms with E-state index in [-0.39, 0.29) is 6.04 Å². The van der Waals surface area contributed by atoms with E-state index in [1.807, 2.05) is 0 Å². The molecule has 0 spiro atoms. The summed E-state index contributed by atoms with van der Waals surface area (Å²) in [5.41, 5.74) is 0. The van der Waals surface area contributed by atoms with Crippen molar-refractivity contribution in [2.75, 3.05) is 39.3 Å². The van der Waals surface area contributed by atoms with Gasteiger partial charge in [-0.3, -0.25) is 14.5 Å². The number of nitrogens with one attached hydrogen (secondary N) is 3. The van der Waals surface area contributed by atoms with Crippen molar-refractivity contribution in [1.29, 1.82) is 0 Å². The van der Waals surface area contributed by atoms with Gasteiger partial charge in [0.05, 0.1) is 0 Å². The van der Waals surface area contributed by atoms with Gasteiger partial charge in [0.2, 0.25) is 0 Å². The van der Waals surface area contributed by atoms with E-state index in [1.54, 1.807) is 0 Å². The average Bonchev–Trinajstić information content (AvgIpc) is 2.92. The Morgan fingerprint density at radius 1 is 1.11 bits per heavy atom. The molecule has 1 aliphatic heterocycles. The van der Waals surface area contributed by atoms with Gasteiger partial charge in [-0.25, -0.2) is 0 Å². The van der Waals surface area contributed by atoms with Gasteiger partial charge < -0.3 is 16.0 Å². The van der Waals surface area contributed by atoms with E-state index in [0.29, 0.717) is 6.54 Å².